The van der Waals surface area contributed by atoms with Gasteiger partial charge in [0, 0.05) is 18.2 Å². The van der Waals surface area contributed by atoms with Crippen molar-refractivity contribution in [1.82, 2.24) is 9.97 Å². The number of hydrogen-bond acceptors (Lipinski definition) is 3. The molecule has 0 atom stereocenters. The highest BCUT2D eigenvalue weighted by Gasteiger charge is 2.02. The SMILES string of the molecule is CCCCOc1ccc(Cc2c[nH]c(=O)[nH]c2=O)cc1. The van der Waals surface area contributed by atoms with Crippen LogP contribution in [-0.2, 0) is 6.42 Å². The van der Waals surface area contributed by atoms with Crippen LogP contribution in [0.25, 0.3) is 0 Å². The summed E-state index contributed by atoms with van der Waals surface area (Å²) in [5.41, 5.74) is 0.685. The zero-order chi connectivity index (χ0) is 14.4. The van der Waals surface area contributed by atoms with Crippen molar-refractivity contribution in [1.29, 1.82) is 0 Å². The Labute approximate surface area is 116 Å². The van der Waals surface area contributed by atoms with Crippen LogP contribution in [0.3, 0.4) is 0 Å². The topological polar surface area (TPSA) is 75.0 Å². The number of aromatic nitrogens is 2. The van der Waals surface area contributed by atoms with Crippen molar-refractivity contribution < 1.29 is 4.74 Å². The monoisotopic (exact) mass is 274 g/mol. The van der Waals surface area contributed by atoms with Gasteiger partial charge in [-0.15, -0.1) is 0 Å². The summed E-state index contributed by atoms with van der Waals surface area (Å²) in [6.45, 7) is 2.84. The van der Waals surface area contributed by atoms with E-state index in [1.807, 2.05) is 24.3 Å². The zero-order valence-corrected chi connectivity index (χ0v) is 11.4. The number of aromatic amines is 2. The fourth-order valence-electron chi connectivity index (χ4n) is 1.83. The first-order valence-electron chi connectivity index (χ1n) is 6.71. The molecule has 106 valence electrons. The molecular weight excluding hydrogens is 256 g/mol. The van der Waals surface area contributed by atoms with E-state index in [1.165, 1.54) is 6.20 Å². The van der Waals surface area contributed by atoms with Gasteiger partial charge < -0.3 is 9.72 Å². The van der Waals surface area contributed by atoms with Gasteiger partial charge in [-0.3, -0.25) is 9.78 Å². The zero-order valence-electron chi connectivity index (χ0n) is 11.4. The van der Waals surface area contributed by atoms with Crippen LogP contribution in [0.5, 0.6) is 5.75 Å². The number of benzene rings is 1. The van der Waals surface area contributed by atoms with Crippen molar-refractivity contribution >= 4 is 0 Å². The highest BCUT2D eigenvalue weighted by atomic mass is 16.5. The second-order valence-electron chi connectivity index (χ2n) is 4.62. The van der Waals surface area contributed by atoms with E-state index in [4.69, 9.17) is 4.74 Å². The number of ether oxygens (including phenoxy) is 1. The van der Waals surface area contributed by atoms with Gasteiger partial charge in [-0.05, 0) is 24.1 Å². The van der Waals surface area contributed by atoms with Crippen LogP contribution in [-0.4, -0.2) is 16.6 Å². The number of hydrogen-bond donors (Lipinski definition) is 2. The Balaban J connectivity index is 2.03. The summed E-state index contributed by atoms with van der Waals surface area (Å²) in [5.74, 6) is 0.831. The van der Waals surface area contributed by atoms with Crippen molar-refractivity contribution in [3.63, 3.8) is 0 Å². The molecule has 5 heteroatoms. The molecule has 0 unspecified atom stereocenters. The molecule has 0 aliphatic heterocycles. The maximum absolute atomic E-state index is 11.6. The molecule has 0 spiro atoms. The van der Waals surface area contributed by atoms with Gasteiger partial charge in [0.2, 0.25) is 0 Å². The van der Waals surface area contributed by atoms with Crippen LogP contribution in [0.1, 0.15) is 30.9 Å². The number of rotatable bonds is 6. The lowest BCUT2D eigenvalue weighted by atomic mass is 10.1. The first-order chi connectivity index (χ1) is 9.69. The van der Waals surface area contributed by atoms with Gasteiger partial charge in [0.25, 0.3) is 5.56 Å². The minimum atomic E-state index is -0.488. The molecule has 0 radical (unpaired) electrons. The largest absolute Gasteiger partial charge is 0.494 e. The third-order valence-electron chi connectivity index (χ3n) is 2.98. The molecule has 0 bridgehead atoms. The van der Waals surface area contributed by atoms with Crippen LogP contribution in [0.4, 0.5) is 0 Å². The van der Waals surface area contributed by atoms with Crippen LogP contribution in [0, 0.1) is 0 Å². The second-order valence-corrected chi connectivity index (χ2v) is 4.62. The van der Waals surface area contributed by atoms with Gasteiger partial charge >= 0.3 is 5.69 Å². The van der Waals surface area contributed by atoms with E-state index < -0.39 is 5.69 Å². The lowest BCUT2D eigenvalue weighted by molar-refractivity contribution is 0.309. The Morgan fingerprint density at radius 3 is 2.55 bits per heavy atom. The number of unbranched alkanes of at least 4 members (excludes halogenated alkanes) is 1. The molecule has 1 aromatic heterocycles. The van der Waals surface area contributed by atoms with Gasteiger partial charge in [0.15, 0.2) is 0 Å². The summed E-state index contributed by atoms with van der Waals surface area (Å²) in [7, 11) is 0. The Morgan fingerprint density at radius 2 is 1.90 bits per heavy atom. The molecule has 20 heavy (non-hydrogen) atoms. The molecule has 0 saturated carbocycles. The minimum absolute atomic E-state index is 0.350. The Kier molecular flexibility index (Phi) is 4.76. The summed E-state index contributed by atoms with van der Waals surface area (Å²) in [6, 6.07) is 7.63. The maximum Gasteiger partial charge on any atom is 0.325 e. The molecule has 5 nitrogen and oxygen atoms in total. The predicted octanol–water partition coefficient (Wildman–Crippen LogP) is 1.83. The van der Waals surface area contributed by atoms with Gasteiger partial charge in [-0.2, -0.15) is 0 Å². The van der Waals surface area contributed by atoms with Crippen molar-refractivity contribution in [3.05, 3.63) is 62.4 Å². The minimum Gasteiger partial charge on any atom is -0.494 e. The summed E-state index contributed by atoms with van der Waals surface area (Å²) < 4.78 is 5.58. The highest BCUT2D eigenvalue weighted by Crippen LogP contribution is 2.14. The molecule has 0 aliphatic rings. The number of H-pyrrole nitrogens is 2. The molecule has 0 aliphatic carbocycles. The van der Waals surface area contributed by atoms with E-state index in [-0.39, 0.29) is 5.56 Å². The van der Waals surface area contributed by atoms with Crippen molar-refractivity contribution in [2.45, 2.75) is 26.2 Å². The molecule has 0 amide bonds. The lowest BCUT2D eigenvalue weighted by Crippen LogP contribution is -2.24. The average Bonchev–Trinajstić information content (AvgIpc) is 2.44. The molecule has 1 aromatic carbocycles. The van der Waals surface area contributed by atoms with Crippen LogP contribution in [0.2, 0.25) is 0 Å². The van der Waals surface area contributed by atoms with E-state index in [0.717, 1.165) is 30.8 Å². The molecule has 2 rings (SSSR count). The Morgan fingerprint density at radius 1 is 1.15 bits per heavy atom. The molecule has 2 N–H and O–H groups in total. The maximum atomic E-state index is 11.6. The van der Waals surface area contributed by atoms with Crippen molar-refractivity contribution in [2.75, 3.05) is 6.61 Å². The normalized spacial score (nSPS) is 10.4. The highest BCUT2D eigenvalue weighted by molar-refractivity contribution is 5.30. The van der Waals surface area contributed by atoms with Crippen LogP contribution >= 0.6 is 0 Å². The Hall–Kier alpha value is -2.30. The summed E-state index contributed by atoms with van der Waals surface area (Å²) in [4.78, 5) is 27.2. The van der Waals surface area contributed by atoms with E-state index in [2.05, 4.69) is 16.9 Å². The predicted molar refractivity (Wildman–Crippen MR) is 77.3 cm³/mol. The third kappa shape index (κ3) is 3.85. The molecular formula is C15H18N2O3. The standard InChI is InChI=1S/C15H18N2O3/c1-2-3-8-20-13-6-4-11(5-7-13)9-12-10-16-15(19)17-14(12)18/h4-7,10H,2-3,8-9H2,1H3,(H2,16,17,18,19). The first kappa shape index (κ1) is 14.1. The number of nitrogens with one attached hydrogen (secondary N) is 2. The van der Waals surface area contributed by atoms with Gasteiger partial charge in [0.05, 0.1) is 6.61 Å². The summed E-state index contributed by atoms with van der Waals surface area (Å²) >= 11 is 0. The Bertz CT molecular complexity index is 656. The van der Waals surface area contributed by atoms with Crippen molar-refractivity contribution in [2.24, 2.45) is 0 Å². The lowest BCUT2D eigenvalue weighted by Gasteiger charge is -2.06. The van der Waals surface area contributed by atoms with Gasteiger partial charge in [-0.25, -0.2) is 4.79 Å². The third-order valence-corrected chi connectivity index (χ3v) is 2.98. The second kappa shape index (κ2) is 6.75. The first-order valence-corrected chi connectivity index (χ1v) is 6.71. The fourth-order valence-corrected chi connectivity index (χ4v) is 1.83. The van der Waals surface area contributed by atoms with E-state index in [0.29, 0.717) is 12.0 Å². The van der Waals surface area contributed by atoms with Crippen LogP contribution in [0.15, 0.2) is 40.1 Å². The van der Waals surface area contributed by atoms with Crippen molar-refractivity contribution in [3.8, 4) is 5.75 Å². The fraction of sp³-hybridized carbons (Fsp3) is 0.333. The molecule has 1 heterocycles. The summed E-state index contributed by atoms with van der Waals surface area (Å²) in [5, 5.41) is 0. The van der Waals surface area contributed by atoms with Gasteiger partial charge in [-0.1, -0.05) is 25.5 Å². The van der Waals surface area contributed by atoms with Crippen LogP contribution < -0.4 is 16.0 Å². The smallest absolute Gasteiger partial charge is 0.325 e. The van der Waals surface area contributed by atoms with E-state index >= 15 is 0 Å². The van der Waals surface area contributed by atoms with E-state index in [1.54, 1.807) is 0 Å². The molecule has 0 saturated heterocycles. The molecule has 2 aromatic rings. The average molecular weight is 274 g/mol. The quantitative estimate of drug-likeness (QED) is 0.789. The van der Waals surface area contributed by atoms with Gasteiger partial charge in [0.1, 0.15) is 5.75 Å². The summed E-state index contributed by atoms with van der Waals surface area (Å²) in [6.07, 6.45) is 4.07. The van der Waals surface area contributed by atoms with E-state index in [9.17, 15) is 9.59 Å². The molecule has 0 fully saturated rings.